The van der Waals surface area contributed by atoms with Gasteiger partial charge in [-0.15, -0.1) is 0 Å². The molecule has 0 spiro atoms. The molecule has 0 heterocycles. The number of anilines is 1. The second-order valence-electron chi connectivity index (χ2n) is 3.36. The fourth-order valence-corrected chi connectivity index (χ4v) is 1.18. The Morgan fingerprint density at radius 2 is 2.15 bits per heavy atom. The molecule has 0 aliphatic rings. The highest BCUT2D eigenvalue weighted by Gasteiger charge is 2.02. The van der Waals surface area contributed by atoms with E-state index in [1.165, 1.54) is 12.1 Å². The summed E-state index contributed by atoms with van der Waals surface area (Å²) in [5.74, 6) is -0.290. The average Bonchev–Trinajstić information content (AvgIpc) is 2.02. The topological polar surface area (TPSA) is 52.0 Å². The molecule has 0 aliphatic carbocycles. The van der Waals surface area contributed by atoms with Gasteiger partial charge >= 0.3 is 0 Å². The second kappa shape index (κ2) is 4.23. The lowest BCUT2D eigenvalue weighted by atomic mass is 10.0. The molecule has 1 aromatic carbocycles. The van der Waals surface area contributed by atoms with Crippen LogP contribution in [0.2, 0.25) is 0 Å². The Morgan fingerprint density at radius 1 is 1.46 bits per heavy atom. The lowest BCUT2D eigenvalue weighted by Crippen LogP contribution is -2.15. The van der Waals surface area contributed by atoms with Crippen LogP contribution in [0.25, 0.3) is 0 Å². The number of halogens is 1. The van der Waals surface area contributed by atoms with Crippen LogP contribution in [0.1, 0.15) is 18.9 Å². The third kappa shape index (κ3) is 3.03. The lowest BCUT2D eigenvalue weighted by Gasteiger charge is -2.07. The molecule has 1 rings (SSSR count). The maximum atomic E-state index is 12.6. The van der Waals surface area contributed by atoms with E-state index in [0.717, 1.165) is 18.4 Å². The minimum atomic E-state index is -0.290. The van der Waals surface area contributed by atoms with Crippen LogP contribution in [0, 0.1) is 5.82 Å². The molecule has 0 bridgehead atoms. The van der Waals surface area contributed by atoms with Crippen LogP contribution in [0.15, 0.2) is 18.2 Å². The first kappa shape index (κ1) is 9.99. The number of hydrogen-bond donors (Lipinski definition) is 2. The number of nitrogen functional groups attached to an aromatic ring is 1. The van der Waals surface area contributed by atoms with E-state index in [4.69, 9.17) is 11.5 Å². The zero-order chi connectivity index (χ0) is 9.84. The highest BCUT2D eigenvalue weighted by atomic mass is 19.1. The molecule has 0 amide bonds. The van der Waals surface area contributed by atoms with Crippen LogP contribution in [-0.2, 0) is 6.42 Å². The molecule has 0 saturated carbocycles. The Bertz CT molecular complexity index is 284. The predicted molar refractivity (Wildman–Crippen MR) is 52.8 cm³/mol. The Labute approximate surface area is 77.7 Å². The van der Waals surface area contributed by atoms with Crippen LogP contribution in [-0.4, -0.2) is 6.04 Å². The van der Waals surface area contributed by atoms with E-state index < -0.39 is 0 Å². The highest BCUT2D eigenvalue weighted by molar-refractivity contribution is 5.46. The summed E-state index contributed by atoms with van der Waals surface area (Å²) < 4.78 is 12.6. The van der Waals surface area contributed by atoms with Gasteiger partial charge in [0.25, 0.3) is 0 Å². The third-order valence-electron chi connectivity index (χ3n) is 1.98. The van der Waals surface area contributed by atoms with Crippen molar-refractivity contribution in [3.63, 3.8) is 0 Å². The van der Waals surface area contributed by atoms with Gasteiger partial charge in [-0.2, -0.15) is 0 Å². The summed E-state index contributed by atoms with van der Waals surface area (Å²) in [5, 5.41) is 0. The monoisotopic (exact) mass is 182 g/mol. The Balaban J connectivity index is 2.67. The Morgan fingerprint density at radius 3 is 2.69 bits per heavy atom. The van der Waals surface area contributed by atoms with Crippen molar-refractivity contribution in [2.24, 2.45) is 5.73 Å². The summed E-state index contributed by atoms with van der Waals surface area (Å²) in [6.45, 7) is 1.94. The first-order valence-electron chi connectivity index (χ1n) is 4.39. The molecule has 2 nitrogen and oxygen atoms in total. The van der Waals surface area contributed by atoms with Crippen LogP contribution >= 0.6 is 0 Å². The van der Waals surface area contributed by atoms with Crippen molar-refractivity contribution in [1.82, 2.24) is 0 Å². The first-order chi connectivity index (χ1) is 6.09. The zero-order valence-corrected chi connectivity index (χ0v) is 7.76. The summed E-state index contributed by atoms with van der Waals surface area (Å²) in [7, 11) is 0. The summed E-state index contributed by atoms with van der Waals surface area (Å²) in [6, 6.07) is 4.64. The fraction of sp³-hybridized carbons (Fsp3) is 0.400. The maximum Gasteiger partial charge on any atom is 0.125 e. The maximum absolute atomic E-state index is 12.6. The van der Waals surface area contributed by atoms with E-state index in [0.29, 0.717) is 5.69 Å². The minimum absolute atomic E-state index is 0.157. The number of hydrogen-bond acceptors (Lipinski definition) is 2. The molecule has 0 aromatic heterocycles. The van der Waals surface area contributed by atoms with Gasteiger partial charge in [0, 0.05) is 11.7 Å². The van der Waals surface area contributed by atoms with Crippen LogP contribution < -0.4 is 11.5 Å². The molecule has 0 aliphatic heterocycles. The Kier molecular flexibility index (Phi) is 3.25. The molecular weight excluding hydrogens is 167 g/mol. The highest BCUT2D eigenvalue weighted by Crippen LogP contribution is 2.15. The number of aryl methyl sites for hydroxylation is 1. The van der Waals surface area contributed by atoms with Gasteiger partial charge in [-0.3, -0.25) is 0 Å². The zero-order valence-electron chi connectivity index (χ0n) is 7.76. The van der Waals surface area contributed by atoms with E-state index >= 15 is 0 Å². The van der Waals surface area contributed by atoms with Gasteiger partial charge in [0.1, 0.15) is 5.82 Å². The molecule has 0 saturated heterocycles. The molecule has 0 radical (unpaired) electrons. The molecule has 0 unspecified atom stereocenters. The van der Waals surface area contributed by atoms with E-state index in [2.05, 4.69) is 0 Å². The first-order valence-corrected chi connectivity index (χ1v) is 4.39. The van der Waals surface area contributed by atoms with Crippen molar-refractivity contribution in [1.29, 1.82) is 0 Å². The lowest BCUT2D eigenvalue weighted by molar-refractivity contribution is 0.626. The fourth-order valence-electron chi connectivity index (χ4n) is 1.18. The van der Waals surface area contributed by atoms with Crippen molar-refractivity contribution >= 4 is 5.69 Å². The molecule has 72 valence electrons. The van der Waals surface area contributed by atoms with Crippen molar-refractivity contribution in [2.45, 2.75) is 25.8 Å². The van der Waals surface area contributed by atoms with Crippen LogP contribution in [0.3, 0.4) is 0 Å². The van der Waals surface area contributed by atoms with E-state index in [1.807, 2.05) is 6.92 Å². The quantitative estimate of drug-likeness (QED) is 0.699. The van der Waals surface area contributed by atoms with Gasteiger partial charge in [-0.25, -0.2) is 4.39 Å². The molecule has 0 fully saturated rings. The van der Waals surface area contributed by atoms with Crippen molar-refractivity contribution in [2.75, 3.05) is 5.73 Å². The van der Waals surface area contributed by atoms with E-state index in [1.54, 1.807) is 6.07 Å². The van der Waals surface area contributed by atoms with Crippen LogP contribution in [0.4, 0.5) is 10.1 Å². The molecule has 1 atom stereocenters. The van der Waals surface area contributed by atoms with Crippen LogP contribution in [0.5, 0.6) is 0 Å². The van der Waals surface area contributed by atoms with Gasteiger partial charge in [-0.05, 0) is 37.5 Å². The number of benzene rings is 1. The van der Waals surface area contributed by atoms with E-state index in [9.17, 15) is 4.39 Å². The largest absolute Gasteiger partial charge is 0.398 e. The molecule has 4 N–H and O–H groups in total. The van der Waals surface area contributed by atoms with Crippen molar-refractivity contribution in [3.8, 4) is 0 Å². The summed E-state index contributed by atoms with van der Waals surface area (Å²) >= 11 is 0. The summed E-state index contributed by atoms with van der Waals surface area (Å²) in [6.07, 6.45) is 1.68. The second-order valence-corrected chi connectivity index (χ2v) is 3.36. The Hall–Kier alpha value is -1.09. The van der Waals surface area contributed by atoms with Gasteiger partial charge in [-0.1, -0.05) is 6.07 Å². The predicted octanol–water partition coefficient (Wildman–Crippen LogP) is 1.69. The molecule has 13 heavy (non-hydrogen) atoms. The summed E-state index contributed by atoms with van der Waals surface area (Å²) in [4.78, 5) is 0. The third-order valence-corrected chi connectivity index (χ3v) is 1.98. The standard InChI is InChI=1S/C10H15FN2/c1-7(12)2-3-8-4-5-9(11)6-10(8)13/h4-7H,2-3,12-13H2,1H3/t7-/m0/s1. The molecule has 1 aromatic rings. The number of rotatable bonds is 3. The number of nitrogens with two attached hydrogens (primary N) is 2. The van der Waals surface area contributed by atoms with E-state index in [-0.39, 0.29) is 11.9 Å². The normalized spacial score (nSPS) is 12.8. The van der Waals surface area contributed by atoms with Gasteiger partial charge < -0.3 is 11.5 Å². The van der Waals surface area contributed by atoms with Gasteiger partial charge in [0.15, 0.2) is 0 Å². The summed E-state index contributed by atoms with van der Waals surface area (Å²) in [5.41, 5.74) is 12.7. The minimum Gasteiger partial charge on any atom is -0.398 e. The van der Waals surface area contributed by atoms with Crippen molar-refractivity contribution in [3.05, 3.63) is 29.6 Å². The van der Waals surface area contributed by atoms with Crippen molar-refractivity contribution < 1.29 is 4.39 Å². The van der Waals surface area contributed by atoms with Gasteiger partial charge in [0.2, 0.25) is 0 Å². The molecule has 3 heteroatoms. The SMILES string of the molecule is C[C@H](N)CCc1ccc(F)cc1N. The van der Waals surface area contributed by atoms with Gasteiger partial charge in [0.05, 0.1) is 0 Å². The molecular formula is C10H15FN2. The smallest absolute Gasteiger partial charge is 0.125 e. The average molecular weight is 182 g/mol.